The van der Waals surface area contributed by atoms with E-state index in [1.165, 1.54) is 6.07 Å². The van der Waals surface area contributed by atoms with Gasteiger partial charge in [-0.2, -0.15) is 13.2 Å². The largest absolute Gasteiger partial charge is 0.433 e. The van der Waals surface area contributed by atoms with Gasteiger partial charge in [-0.25, -0.2) is 4.98 Å². The first-order valence-corrected chi connectivity index (χ1v) is 6.41. The van der Waals surface area contributed by atoms with Gasteiger partial charge in [0, 0.05) is 19.1 Å². The Morgan fingerprint density at radius 2 is 2.10 bits per heavy atom. The molecule has 2 rings (SSSR count). The molecule has 20 heavy (non-hydrogen) atoms. The van der Waals surface area contributed by atoms with Gasteiger partial charge in [0.15, 0.2) is 0 Å². The number of nitrogens with zero attached hydrogens (tertiary/aromatic N) is 3. The number of aliphatic hydroxyl groups excluding tert-OH is 1. The van der Waals surface area contributed by atoms with Crippen LogP contribution in [0.25, 0.3) is 0 Å². The summed E-state index contributed by atoms with van der Waals surface area (Å²) in [5.74, 6) is 0.267. The Labute approximate surface area is 115 Å². The van der Waals surface area contributed by atoms with E-state index in [2.05, 4.69) is 4.98 Å². The van der Waals surface area contributed by atoms with E-state index < -0.39 is 18.0 Å². The third-order valence-corrected chi connectivity index (χ3v) is 3.29. The smallest absolute Gasteiger partial charge is 0.391 e. The van der Waals surface area contributed by atoms with Crippen molar-refractivity contribution in [2.24, 2.45) is 0 Å². The quantitative estimate of drug-likeness (QED) is 0.917. The molecule has 2 heterocycles. The first-order chi connectivity index (χ1) is 9.27. The lowest BCUT2D eigenvalue weighted by molar-refractivity contribution is -0.141. The van der Waals surface area contributed by atoms with E-state index in [1.807, 2.05) is 19.0 Å². The molecule has 2 unspecified atom stereocenters. The summed E-state index contributed by atoms with van der Waals surface area (Å²) < 4.78 is 38.1. The van der Waals surface area contributed by atoms with Crippen LogP contribution in [-0.2, 0) is 6.18 Å². The van der Waals surface area contributed by atoms with Gasteiger partial charge in [-0.1, -0.05) is 6.07 Å². The molecule has 0 saturated carbocycles. The van der Waals surface area contributed by atoms with Gasteiger partial charge in [0.1, 0.15) is 11.5 Å². The van der Waals surface area contributed by atoms with Crippen LogP contribution in [0.2, 0.25) is 0 Å². The van der Waals surface area contributed by atoms with Crippen LogP contribution in [0.3, 0.4) is 0 Å². The third-order valence-electron chi connectivity index (χ3n) is 3.29. The van der Waals surface area contributed by atoms with Crippen molar-refractivity contribution in [2.75, 3.05) is 32.1 Å². The van der Waals surface area contributed by atoms with E-state index in [4.69, 9.17) is 0 Å². The fraction of sp³-hybridized carbons (Fsp3) is 0.615. The van der Waals surface area contributed by atoms with Gasteiger partial charge < -0.3 is 14.9 Å². The minimum atomic E-state index is -4.45. The molecular weight excluding hydrogens is 271 g/mol. The van der Waals surface area contributed by atoms with Crippen LogP contribution in [0.15, 0.2) is 18.2 Å². The Morgan fingerprint density at radius 1 is 1.40 bits per heavy atom. The van der Waals surface area contributed by atoms with Gasteiger partial charge in [-0.15, -0.1) is 0 Å². The average Bonchev–Trinajstić information content (AvgIpc) is 2.68. The molecule has 0 amide bonds. The maximum Gasteiger partial charge on any atom is 0.433 e. The molecule has 1 aromatic rings. The molecule has 0 spiro atoms. The minimum Gasteiger partial charge on any atom is -0.391 e. The second-order valence-corrected chi connectivity index (χ2v) is 5.34. The molecule has 0 bridgehead atoms. The van der Waals surface area contributed by atoms with Gasteiger partial charge in [0.2, 0.25) is 0 Å². The number of aromatic nitrogens is 1. The van der Waals surface area contributed by atoms with Gasteiger partial charge >= 0.3 is 6.18 Å². The van der Waals surface area contributed by atoms with Gasteiger partial charge in [0.25, 0.3) is 0 Å². The van der Waals surface area contributed by atoms with Crippen molar-refractivity contribution < 1.29 is 18.3 Å². The highest BCUT2D eigenvalue weighted by atomic mass is 19.4. The molecule has 1 N–H and O–H groups in total. The van der Waals surface area contributed by atoms with E-state index in [9.17, 15) is 18.3 Å². The molecule has 1 saturated heterocycles. The van der Waals surface area contributed by atoms with Gasteiger partial charge in [-0.3, -0.25) is 0 Å². The van der Waals surface area contributed by atoms with Crippen molar-refractivity contribution in [1.82, 2.24) is 9.88 Å². The lowest BCUT2D eigenvalue weighted by Gasteiger charge is -2.28. The van der Waals surface area contributed by atoms with Gasteiger partial charge in [-0.05, 0) is 32.6 Å². The van der Waals surface area contributed by atoms with E-state index in [1.54, 1.807) is 11.0 Å². The van der Waals surface area contributed by atoms with Crippen molar-refractivity contribution in [3.8, 4) is 0 Å². The van der Waals surface area contributed by atoms with Crippen LogP contribution in [0.4, 0.5) is 19.0 Å². The number of likely N-dealkylation sites (N-methyl/N-ethyl adjacent to an activating group) is 1. The summed E-state index contributed by atoms with van der Waals surface area (Å²) in [5, 5.41) is 9.76. The summed E-state index contributed by atoms with van der Waals surface area (Å²) in [6.45, 7) is 0.974. The summed E-state index contributed by atoms with van der Waals surface area (Å²) in [6, 6.07) is 3.83. The fourth-order valence-corrected chi connectivity index (χ4v) is 2.51. The molecular formula is C13H18F3N3O. The fourth-order valence-electron chi connectivity index (χ4n) is 2.51. The first-order valence-electron chi connectivity index (χ1n) is 6.41. The van der Waals surface area contributed by atoms with Crippen molar-refractivity contribution in [3.05, 3.63) is 23.9 Å². The molecule has 0 aliphatic carbocycles. The van der Waals surface area contributed by atoms with Crippen molar-refractivity contribution in [3.63, 3.8) is 0 Å². The molecule has 0 aromatic carbocycles. The molecule has 2 atom stereocenters. The average molecular weight is 289 g/mol. The van der Waals surface area contributed by atoms with E-state index >= 15 is 0 Å². The Bertz CT molecular complexity index is 464. The normalized spacial score (nSPS) is 23.6. The highest BCUT2D eigenvalue weighted by Gasteiger charge is 2.35. The second kappa shape index (κ2) is 5.57. The Morgan fingerprint density at radius 3 is 2.70 bits per heavy atom. The monoisotopic (exact) mass is 289 g/mol. The van der Waals surface area contributed by atoms with Crippen LogP contribution in [0, 0.1) is 0 Å². The summed E-state index contributed by atoms with van der Waals surface area (Å²) in [5.41, 5.74) is -0.903. The molecule has 0 radical (unpaired) electrons. The number of alkyl halides is 3. The lowest BCUT2D eigenvalue weighted by Crippen LogP contribution is -2.38. The molecule has 1 aromatic heterocycles. The zero-order valence-electron chi connectivity index (χ0n) is 11.4. The molecule has 7 heteroatoms. The van der Waals surface area contributed by atoms with Crippen molar-refractivity contribution in [2.45, 2.75) is 24.7 Å². The number of hydrogen-bond acceptors (Lipinski definition) is 4. The number of halogens is 3. The molecule has 112 valence electrons. The van der Waals surface area contributed by atoms with Crippen LogP contribution in [-0.4, -0.2) is 54.3 Å². The molecule has 1 aliphatic rings. The Kier molecular flexibility index (Phi) is 4.19. The highest BCUT2D eigenvalue weighted by molar-refractivity contribution is 5.43. The Balaban J connectivity index is 2.25. The number of aliphatic hydroxyl groups is 1. The minimum absolute atomic E-state index is 0.0315. The topological polar surface area (TPSA) is 39.6 Å². The zero-order chi connectivity index (χ0) is 14.9. The molecule has 4 nitrogen and oxygen atoms in total. The van der Waals surface area contributed by atoms with Crippen LogP contribution < -0.4 is 4.90 Å². The maximum atomic E-state index is 12.7. The molecule has 1 aliphatic heterocycles. The second-order valence-electron chi connectivity index (χ2n) is 5.34. The predicted molar refractivity (Wildman–Crippen MR) is 69.6 cm³/mol. The third kappa shape index (κ3) is 3.40. The summed E-state index contributed by atoms with van der Waals surface area (Å²) in [7, 11) is 3.78. The standard InChI is InChI=1S/C13H18F3N3O/c1-18(2)7-9-6-10(20)8-19(9)12-5-3-4-11(17-12)13(14,15)16/h3-5,9-10,20H,6-8H2,1-2H3. The van der Waals surface area contributed by atoms with Crippen LogP contribution in [0.5, 0.6) is 0 Å². The van der Waals surface area contributed by atoms with Crippen LogP contribution in [0.1, 0.15) is 12.1 Å². The SMILES string of the molecule is CN(C)CC1CC(O)CN1c1cccc(C(F)(F)F)n1. The highest BCUT2D eigenvalue weighted by Crippen LogP contribution is 2.31. The summed E-state index contributed by atoms with van der Waals surface area (Å²) in [6.07, 6.45) is -4.45. The predicted octanol–water partition coefficient (Wildman–Crippen LogP) is 1.60. The zero-order valence-corrected chi connectivity index (χ0v) is 11.4. The van der Waals surface area contributed by atoms with E-state index in [0.29, 0.717) is 19.5 Å². The number of anilines is 1. The van der Waals surface area contributed by atoms with Crippen molar-refractivity contribution >= 4 is 5.82 Å². The lowest BCUT2D eigenvalue weighted by atomic mass is 10.2. The first kappa shape index (κ1) is 15.1. The summed E-state index contributed by atoms with van der Waals surface area (Å²) >= 11 is 0. The van der Waals surface area contributed by atoms with E-state index in [-0.39, 0.29) is 11.9 Å². The number of rotatable bonds is 3. The van der Waals surface area contributed by atoms with E-state index in [0.717, 1.165) is 6.07 Å². The van der Waals surface area contributed by atoms with Crippen LogP contribution >= 0.6 is 0 Å². The maximum absolute atomic E-state index is 12.7. The van der Waals surface area contributed by atoms with Gasteiger partial charge in [0.05, 0.1) is 6.10 Å². The number of β-amino-alcohol motifs (C(OH)–C–C–N with tert-alkyl or cyclic N) is 1. The molecule has 1 fully saturated rings. The Hall–Kier alpha value is -1.34. The number of hydrogen-bond donors (Lipinski definition) is 1. The van der Waals surface area contributed by atoms with Crippen molar-refractivity contribution in [1.29, 1.82) is 0 Å². The summed E-state index contributed by atoms with van der Waals surface area (Å²) in [4.78, 5) is 7.39. The number of pyridine rings is 1.